The van der Waals surface area contributed by atoms with Gasteiger partial charge in [0.2, 0.25) is 11.8 Å². The first-order chi connectivity index (χ1) is 36.5. The Morgan fingerprint density at radius 1 is 0.570 bits per heavy atom. The Morgan fingerprint density at radius 3 is 1.37 bits per heavy atom. The summed E-state index contributed by atoms with van der Waals surface area (Å²) in [6, 6.07) is 7.91. The van der Waals surface area contributed by atoms with E-state index in [9.17, 15) is 47.9 Å². The first-order valence-electron chi connectivity index (χ1n) is 26.1. The van der Waals surface area contributed by atoms with E-state index in [-0.39, 0.29) is 38.5 Å². The SMILES string of the molecule is C.C.CCC(C)/C=C/[C@@H](OC(C)=O)[C@H](OC(C)=O)[C@@H](OC(C)=O)[C@@H](OC)C(=O)N[C@H]1CCCCN(Cc2ccccc2)C1=O.CCC(C)/C=C/[C@@H](OC(C)=O)[C@H](OC(C)=O)[C@@H](OC(C)=O)[C@@H](OC)C(=O)N[C@H]1CCCCNC1=O. The number of amides is 4. The summed E-state index contributed by atoms with van der Waals surface area (Å²) >= 11 is 0. The minimum Gasteiger partial charge on any atom is -0.455 e. The van der Waals surface area contributed by atoms with Crippen LogP contribution in [0, 0.1) is 11.8 Å². The number of nitrogens with one attached hydrogen (secondary N) is 3. The number of benzene rings is 1. The van der Waals surface area contributed by atoms with Crippen molar-refractivity contribution < 1.29 is 85.8 Å². The number of hydrogen-bond donors (Lipinski definition) is 3. The summed E-state index contributed by atoms with van der Waals surface area (Å²) in [6.07, 6.45) is 0.832. The summed E-state index contributed by atoms with van der Waals surface area (Å²) in [7, 11) is 2.45. The van der Waals surface area contributed by atoms with Gasteiger partial charge < -0.3 is 58.7 Å². The molecule has 1 aromatic rings. The molecule has 4 amide bonds. The van der Waals surface area contributed by atoms with E-state index in [1.807, 2.05) is 58.0 Å². The molecule has 22 heteroatoms. The number of carbonyl (C=O) groups excluding carboxylic acids is 10. The molecule has 0 saturated carbocycles. The minimum atomic E-state index is -1.51. The molecule has 2 aliphatic heterocycles. The van der Waals surface area contributed by atoms with E-state index in [0.717, 1.165) is 65.4 Å². The normalized spacial score (nSPS) is 19.2. The lowest BCUT2D eigenvalue weighted by molar-refractivity contribution is -0.192. The van der Waals surface area contributed by atoms with Crippen molar-refractivity contribution in [3.63, 3.8) is 0 Å². The number of rotatable bonds is 26. The monoisotopic (exact) mass is 1120 g/mol. The van der Waals surface area contributed by atoms with Gasteiger partial charge in [0.15, 0.2) is 48.8 Å². The lowest BCUT2D eigenvalue weighted by Gasteiger charge is -2.34. The molecule has 3 rings (SSSR count). The number of methoxy groups -OCH3 is 2. The maximum Gasteiger partial charge on any atom is 0.303 e. The quantitative estimate of drug-likeness (QED) is 0.0582. The zero-order valence-corrected chi connectivity index (χ0v) is 46.7. The second-order valence-electron chi connectivity index (χ2n) is 18.9. The van der Waals surface area contributed by atoms with Crippen LogP contribution in [0.2, 0.25) is 0 Å². The molecule has 12 atom stereocenters. The summed E-state index contributed by atoms with van der Waals surface area (Å²) < 4.78 is 43.5. The standard InChI is InChI=1S/C31H44N2O9.C24H38N2O9.2CH4/c1-7-20(2)16-17-26(40-21(3)34)27(41-22(4)35)28(42-23(5)36)29(39-6)30(37)32-25-15-11-12-18-33(31(25)38)19-24-13-9-8-10-14-24;1-7-14(2)11-12-19(33-15(3)27)20(34-16(4)28)21(35-17(5)29)22(32-6)24(31)26-18-10-8-9-13-25-23(18)30;;/h8-10,13-14,16-17,20,25-29H,7,11-12,15,18-19H2,1-6H3,(H,32,37);11-12,14,18-22H,7-10,13H2,1-6H3,(H,25,30)(H,26,31);2*1H4/b17-16+;12-11+;;/t20?,25-,26+,27-,28+,29+;14?,18-,19+,20-,21+,22+;;/m00../s1. The van der Waals surface area contributed by atoms with Crippen molar-refractivity contribution in [2.24, 2.45) is 11.8 Å². The Balaban J connectivity index is 0.00000153. The zero-order chi connectivity index (χ0) is 57.8. The molecule has 0 spiro atoms. The van der Waals surface area contributed by atoms with Crippen LogP contribution >= 0.6 is 0 Å². The highest BCUT2D eigenvalue weighted by molar-refractivity contribution is 5.91. The zero-order valence-electron chi connectivity index (χ0n) is 46.7. The van der Waals surface area contributed by atoms with Crippen LogP contribution < -0.4 is 16.0 Å². The van der Waals surface area contributed by atoms with Gasteiger partial charge in [-0.2, -0.15) is 0 Å². The predicted octanol–water partition coefficient (Wildman–Crippen LogP) is 5.55. The third kappa shape index (κ3) is 26.2. The molecule has 2 saturated heterocycles. The van der Waals surface area contributed by atoms with Crippen molar-refractivity contribution in [3.8, 4) is 0 Å². The Labute approximate surface area is 467 Å². The van der Waals surface area contributed by atoms with E-state index < -0.39 is 109 Å². The third-order valence-electron chi connectivity index (χ3n) is 12.4. The average molecular weight is 1120 g/mol. The molecule has 0 aromatic heterocycles. The van der Waals surface area contributed by atoms with Gasteiger partial charge in [-0.05, 0) is 68.1 Å². The fourth-order valence-corrected chi connectivity index (χ4v) is 8.26. The molecule has 0 radical (unpaired) electrons. The van der Waals surface area contributed by atoms with Crippen molar-refractivity contribution in [1.29, 1.82) is 0 Å². The van der Waals surface area contributed by atoms with Gasteiger partial charge in [0.1, 0.15) is 12.1 Å². The Hall–Kier alpha value is -6.68. The molecule has 22 nitrogen and oxygen atoms in total. The van der Waals surface area contributed by atoms with E-state index in [1.165, 1.54) is 34.1 Å². The molecular weight excluding hydrogens is 1030 g/mol. The second kappa shape index (κ2) is 38.0. The molecule has 79 heavy (non-hydrogen) atoms. The number of hydrogen-bond acceptors (Lipinski definition) is 18. The fraction of sp³-hybridized carbons (Fsp3) is 0.649. The van der Waals surface area contributed by atoms with E-state index in [1.54, 1.807) is 23.1 Å². The van der Waals surface area contributed by atoms with Gasteiger partial charge in [0.25, 0.3) is 11.8 Å². The molecule has 2 heterocycles. The van der Waals surface area contributed by atoms with Crippen molar-refractivity contribution in [2.45, 2.75) is 203 Å². The van der Waals surface area contributed by atoms with E-state index in [0.29, 0.717) is 38.9 Å². The molecular formula is C57H90N4O18. The summed E-state index contributed by atoms with van der Waals surface area (Å²) in [6.45, 7) is 16.2. The van der Waals surface area contributed by atoms with Gasteiger partial charge in [-0.3, -0.25) is 47.9 Å². The van der Waals surface area contributed by atoms with Crippen LogP contribution in [0.4, 0.5) is 0 Å². The van der Waals surface area contributed by atoms with Gasteiger partial charge in [-0.25, -0.2) is 0 Å². The molecule has 1 aromatic carbocycles. The Morgan fingerprint density at radius 2 is 0.962 bits per heavy atom. The van der Waals surface area contributed by atoms with Gasteiger partial charge in [-0.15, -0.1) is 0 Å². The van der Waals surface area contributed by atoms with Crippen molar-refractivity contribution in [2.75, 3.05) is 27.3 Å². The van der Waals surface area contributed by atoms with Crippen molar-refractivity contribution >= 4 is 59.4 Å². The maximum absolute atomic E-state index is 13.7. The lowest BCUT2D eigenvalue weighted by atomic mass is 9.98. The van der Waals surface area contributed by atoms with Crippen molar-refractivity contribution in [1.82, 2.24) is 20.9 Å². The summed E-state index contributed by atoms with van der Waals surface area (Å²) in [5, 5.41) is 8.11. The molecule has 2 aliphatic rings. The first-order valence-corrected chi connectivity index (χ1v) is 26.1. The molecule has 0 aliphatic carbocycles. The van der Waals surface area contributed by atoms with Crippen LogP contribution in [0.5, 0.6) is 0 Å². The highest BCUT2D eigenvalue weighted by Gasteiger charge is 2.47. The topological polar surface area (TPSA) is 284 Å². The van der Waals surface area contributed by atoms with E-state index in [2.05, 4.69) is 16.0 Å². The van der Waals surface area contributed by atoms with E-state index in [4.69, 9.17) is 37.9 Å². The second-order valence-corrected chi connectivity index (χ2v) is 18.9. The summed E-state index contributed by atoms with van der Waals surface area (Å²) in [5.74, 6) is -6.26. The van der Waals surface area contributed by atoms with Crippen LogP contribution in [0.15, 0.2) is 54.6 Å². The number of carbonyl (C=O) groups is 10. The number of likely N-dealkylation sites (tertiary alicyclic amines) is 1. The largest absolute Gasteiger partial charge is 0.455 e. The molecule has 0 bridgehead atoms. The highest BCUT2D eigenvalue weighted by Crippen LogP contribution is 2.24. The number of ether oxygens (including phenoxy) is 8. The van der Waals surface area contributed by atoms with Gasteiger partial charge in [0, 0.05) is 75.4 Å². The van der Waals surface area contributed by atoms with Crippen molar-refractivity contribution in [3.05, 3.63) is 60.2 Å². The molecule has 3 N–H and O–H groups in total. The van der Waals surface area contributed by atoms with Crippen LogP contribution in [-0.2, 0) is 92.4 Å². The highest BCUT2D eigenvalue weighted by atomic mass is 16.6. The van der Waals surface area contributed by atoms with Crippen LogP contribution in [0.3, 0.4) is 0 Å². The first kappa shape index (κ1) is 72.3. The number of allylic oxidation sites excluding steroid dienone is 2. The fourth-order valence-electron chi connectivity index (χ4n) is 8.26. The van der Waals surface area contributed by atoms with E-state index >= 15 is 0 Å². The Bertz CT molecular complexity index is 2170. The maximum atomic E-state index is 13.7. The van der Waals surface area contributed by atoms with Gasteiger partial charge >= 0.3 is 35.8 Å². The third-order valence-corrected chi connectivity index (χ3v) is 12.4. The number of esters is 6. The minimum absolute atomic E-state index is 0. The van der Waals surface area contributed by atoms with Gasteiger partial charge in [-0.1, -0.05) is 97.9 Å². The Kier molecular flexibility index (Phi) is 34.8. The summed E-state index contributed by atoms with van der Waals surface area (Å²) in [5.41, 5.74) is 0.966. The molecule has 2 fully saturated rings. The number of nitrogens with zero attached hydrogens (tertiary/aromatic N) is 1. The van der Waals surface area contributed by atoms with Crippen LogP contribution in [0.25, 0.3) is 0 Å². The average Bonchev–Trinajstić information content (AvgIpc) is 3.67. The summed E-state index contributed by atoms with van der Waals surface area (Å²) in [4.78, 5) is 127. The van der Waals surface area contributed by atoms with Crippen LogP contribution in [-0.4, -0.2) is 153 Å². The predicted molar refractivity (Wildman–Crippen MR) is 292 cm³/mol. The van der Waals surface area contributed by atoms with Gasteiger partial charge in [0.05, 0.1) is 0 Å². The lowest BCUT2D eigenvalue weighted by Crippen LogP contribution is -2.58. The van der Waals surface area contributed by atoms with Crippen LogP contribution in [0.1, 0.15) is 141 Å². The molecule has 446 valence electrons. The molecule has 2 unspecified atom stereocenters. The smallest absolute Gasteiger partial charge is 0.303 e.